The molecule has 2 N–H and O–H groups in total. The Balaban J connectivity index is 1.68. The lowest BCUT2D eigenvalue weighted by atomic mass is 9.91. The maximum atomic E-state index is 6.33. The van der Waals surface area contributed by atoms with Crippen LogP contribution in [0.25, 0.3) is 0 Å². The van der Waals surface area contributed by atoms with Gasteiger partial charge >= 0.3 is 0 Å². The van der Waals surface area contributed by atoms with Crippen LogP contribution in [0.1, 0.15) is 37.8 Å². The second-order valence-corrected chi connectivity index (χ2v) is 7.56. The summed E-state index contributed by atoms with van der Waals surface area (Å²) in [6, 6.07) is 5.82. The molecule has 5 heteroatoms. The van der Waals surface area contributed by atoms with Gasteiger partial charge in [0.25, 0.3) is 0 Å². The molecule has 2 fully saturated rings. The van der Waals surface area contributed by atoms with Gasteiger partial charge in [0.15, 0.2) is 0 Å². The highest BCUT2D eigenvalue weighted by molar-refractivity contribution is 7.99. The quantitative estimate of drug-likeness (QED) is 0.917. The minimum atomic E-state index is -0.0154. The van der Waals surface area contributed by atoms with Gasteiger partial charge < -0.3 is 15.2 Å². The topological polar surface area (TPSA) is 44.5 Å². The lowest BCUT2D eigenvalue weighted by Gasteiger charge is -2.37. The first kappa shape index (κ1) is 15.5. The number of nitrogens with two attached hydrogens (primary N) is 1. The van der Waals surface area contributed by atoms with Crippen LogP contribution in [0.15, 0.2) is 18.2 Å². The van der Waals surface area contributed by atoms with E-state index < -0.39 is 0 Å². The van der Waals surface area contributed by atoms with E-state index in [0.717, 1.165) is 42.9 Å². The number of ether oxygens (including phenoxy) is 2. The van der Waals surface area contributed by atoms with Crippen LogP contribution in [0.2, 0.25) is 5.02 Å². The second kappa shape index (κ2) is 6.37. The molecule has 1 spiro atoms. The molecule has 0 bridgehead atoms. The summed E-state index contributed by atoms with van der Waals surface area (Å²) in [4.78, 5) is 0. The largest absolute Gasteiger partial charge is 0.489 e. The standard InChI is InChI=1S/C16H22ClNO2S/c1-11(18)12-2-3-15(14(17)8-12)20-13-4-6-19-16(9-13)5-7-21-10-16/h2-3,8,11,13H,4-7,9-10,18H2,1H3/t11-,13?,16?/m0/s1. The van der Waals surface area contributed by atoms with E-state index in [4.69, 9.17) is 26.8 Å². The summed E-state index contributed by atoms with van der Waals surface area (Å²) in [5.41, 5.74) is 6.94. The molecule has 21 heavy (non-hydrogen) atoms. The molecule has 2 heterocycles. The van der Waals surface area contributed by atoms with Gasteiger partial charge in [-0.05, 0) is 36.8 Å². The van der Waals surface area contributed by atoms with Gasteiger partial charge in [-0.2, -0.15) is 11.8 Å². The number of hydrogen-bond donors (Lipinski definition) is 1. The number of rotatable bonds is 3. The highest BCUT2D eigenvalue weighted by atomic mass is 35.5. The van der Waals surface area contributed by atoms with Gasteiger partial charge in [-0.15, -0.1) is 0 Å². The molecule has 2 unspecified atom stereocenters. The van der Waals surface area contributed by atoms with Gasteiger partial charge in [-0.1, -0.05) is 17.7 Å². The van der Waals surface area contributed by atoms with Gasteiger partial charge in [0.2, 0.25) is 0 Å². The number of benzene rings is 1. The molecular weight excluding hydrogens is 306 g/mol. The van der Waals surface area contributed by atoms with Crippen molar-refractivity contribution in [1.29, 1.82) is 0 Å². The van der Waals surface area contributed by atoms with Crippen LogP contribution in [0.5, 0.6) is 5.75 Å². The number of hydrogen-bond acceptors (Lipinski definition) is 4. The third-order valence-electron chi connectivity index (χ3n) is 4.29. The maximum Gasteiger partial charge on any atom is 0.138 e. The number of thioether (sulfide) groups is 1. The molecule has 3 atom stereocenters. The smallest absolute Gasteiger partial charge is 0.138 e. The molecule has 3 rings (SSSR count). The van der Waals surface area contributed by atoms with Gasteiger partial charge in [0.1, 0.15) is 11.9 Å². The van der Waals surface area contributed by atoms with Gasteiger partial charge in [0, 0.05) is 24.6 Å². The summed E-state index contributed by atoms with van der Waals surface area (Å²) in [6.45, 7) is 2.73. The Morgan fingerprint density at radius 3 is 3.05 bits per heavy atom. The zero-order valence-corrected chi connectivity index (χ0v) is 13.9. The normalized spacial score (nSPS) is 30.5. The second-order valence-electron chi connectivity index (χ2n) is 6.05. The Labute approximate surface area is 135 Å². The van der Waals surface area contributed by atoms with E-state index in [1.54, 1.807) is 0 Å². The highest BCUT2D eigenvalue weighted by Crippen LogP contribution is 2.40. The summed E-state index contributed by atoms with van der Waals surface area (Å²) < 4.78 is 12.2. The van der Waals surface area contributed by atoms with E-state index in [-0.39, 0.29) is 17.7 Å². The summed E-state index contributed by atoms with van der Waals surface area (Å²) in [5, 5.41) is 0.645. The molecule has 2 aliphatic rings. The molecule has 0 radical (unpaired) electrons. The molecule has 2 saturated heterocycles. The van der Waals surface area contributed by atoms with Crippen LogP contribution >= 0.6 is 23.4 Å². The molecule has 2 aliphatic heterocycles. The fourth-order valence-electron chi connectivity index (χ4n) is 3.02. The van der Waals surface area contributed by atoms with E-state index in [1.807, 2.05) is 36.9 Å². The molecule has 0 aromatic heterocycles. The third kappa shape index (κ3) is 3.50. The Kier molecular flexibility index (Phi) is 4.69. The fourth-order valence-corrected chi connectivity index (χ4v) is 4.63. The lowest BCUT2D eigenvalue weighted by molar-refractivity contribution is -0.0958. The predicted molar refractivity (Wildman–Crippen MR) is 88.3 cm³/mol. The van der Waals surface area contributed by atoms with Crippen molar-refractivity contribution < 1.29 is 9.47 Å². The summed E-state index contributed by atoms with van der Waals surface area (Å²) in [5.74, 6) is 3.04. The van der Waals surface area contributed by atoms with Crippen LogP contribution in [0.4, 0.5) is 0 Å². The minimum Gasteiger partial charge on any atom is -0.489 e. The first-order valence-corrected chi connectivity index (χ1v) is 9.05. The molecule has 0 saturated carbocycles. The van der Waals surface area contributed by atoms with Crippen molar-refractivity contribution in [3.63, 3.8) is 0 Å². The van der Waals surface area contributed by atoms with Crippen molar-refractivity contribution in [1.82, 2.24) is 0 Å². The Morgan fingerprint density at radius 2 is 2.38 bits per heavy atom. The zero-order chi connectivity index (χ0) is 14.9. The molecule has 1 aromatic carbocycles. The molecular formula is C16H22ClNO2S. The van der Waals surface area contributed by atoms with Crippen LogP contribution in [-0.2, 0) is 4.74 Å². The first-order valence-electron chi connectivity index (χ1n) is 7.51. The van der Waals surface area contributed by atoms with Crippen molar-refractivity contribution in [3.05, 3.63) is 28.8 Å². The molecule has 116 valence electrons. The van der Waals surface area contributed by atoms with Crippen LogP contribution < -0.4 is 10.5 Å². The maximum absolute atomic E-state index is 6.33. The molecule has 3 nitrogen and oxygen atoms in total. The van der Waals surface area contributed by atoms with E-state index in [2.05, 4.69) is 0 Å². The summed E-state index contributed by atoms with van der Waals surface area (Å²) >= 11 is 8.30. The average Bonchev–Trinajstić information content (AvgIpc) is 2.89. The highest BCUT2D eigenvalue weighted by Gasteiger charge is 2.41. The Morgan fingerprint density at radius 1 is 1.52 bits per heavy atom. The SMILES string of the molecule is C[C@H](N)c1ccc(OC2CCOC3(CCSC3)C2)c(Cl)c1. The van der Waals surface area contributed by atoms with Crippen LogP contribution in [-0.4, -0.2) is 29.8 Å². The predicted octanol–water partition coefficient (Wildman–Crippen LogP) is 3.79. The van der Waals surface area contributed by atoms with E-state index >= 15 is 0 Å². The first-order chi connectivity index (χ1) is 10.1. The van der Waals surface area contributed by atoms with E-state index in [0.29, 0.717) is 5.02 Å². The molecule has 1 aromatic rings. The Hall–Kier alpha value is -0.420. The molecule has 0 aliphatic carbocycles. The van der Waals surface area contributed by atoms with Crippen LogP contribution in [0, 0.1) is 0 Å². The van der Waals surface area contributed by atoms with Crippen molar-refractivity contribution in [2.24, 2.45) is 5.73 Å². The van der Waals surface area contributed by atoms with Crippen molar-refractivity contribution in [2.75, 3.05) is 18.1 Å². The van der Waals surface area contributed by atoms with Gasteiger partial charge in [-0.3, -0.25) is 0 Å². The van der Waals surface area contributed by atoms with Crippen LogP contribution in [0.3, 0.4) is 0 Å². The minimum absolute atomic E-state index is 0.0154. The van der Waals surface area contributed by atoms with Crippen molar-refractivity contribution >= 4 is 23.4 Å². The Bertz CT molecular complexity index is 503. The third-order valence-corrected chi connectivity index (χ3v) is 5.81. The van der Waals surface area contributed by atoms with Crippen molar-refractivity contribution in [3.8, 4) is 5.75 Å². The average molecular weight is 328 g/mol. The fraction of sp³-hybridized carbons (Fsp3) is 0.625. The monoisotopic (exact) mass is 327 g/mol. The molecule has 0 amide bonds. The van der Waals surface area contributed by atoms with Crippen molar-refractivity contribution in [2.45, 2.75) is 43.9 Å². The summed E-state index contributed by atoms with van der Waals surface area (Å²) in [7, 11) is 0. The van der Waals surface area contributed by atoms with Gasteiger partial charge in [-0.25, -0.2) is 0 Å². The lowest BCUT2D eigenvalue weighted by Crippen LogP contribution is -2.43. The summed E-state index contributed by atoms with van der Waals surface area (Å²) in [6.07, 6.45) is 3.22. The zero-order valence-electron chi connectivity index (χ0n) is 12.3. The van der Waals surface area contributed by atoms with Gasteiger partial charge in [0.05, 0.1) is 17.2 Å². The number of halogens is 1. The van der Waals surface area contributed by atoms with E-state index in [1.165, 1.54) is 5.75 Å². The van der Waals surface area contributed by atoms with E-state index in [9.17, 15) is 0 Å².